The van der Waals surface area contributed by atoms with Crippen LogP contribution in [0.1, 0.15) is 13.8 Å². The maximum absolute atomic E-state index is 11.2. The van der Waals surface area contributed by atoms with Crippen molar-refractivity contribution in [3.8, 4) is 0 Å². The zero-order valence-electron chi connectivity index (χ0n) is 9.24. The molecule has 2 atom stereocenters. The fraction of sp³-hybridized carbons (Fsp3) is 0.778. The first-order valence-electron chi connectivity index (χ1n) is 4.73. The molecular formula is C9H18N2O3S. The lowest BCUT2D eigenvalue weighted by Gasteiger charge is -2.13. The fourth-order valence-corrected chi connectivity index (χ4v) is 1.61. The van der Waals surface area contributed by atoms with Gasteiger partial charge in [-0.15, -0.1) is 0 Å². The lowest BCUT2D eigenvalue weighted by Crippen LogP contribution is -2.45. The van der Waals surface area contributed by atoms with Gasteiger partial charge in [-0.05, 0) is 24.9 Å². The van der Waals surface area contributed by atoms with Crippen LogP contribution in [0.5, 0.6) is 0 Å². The Bertz CT molecular complexity index is 223. The molecule has 6 heteroatoms. The monoisotopic (exact) mass is 234 g/mol. The molecule has 0 saturated carbocycles. The van der Waals surface area contributed by atoms with E-state index in [1.807, 2.05) is 13.2 Å². The number of hydrogen-bond acceptors (Lipinski definition) is 3. The molecule has 3 N–H and O–H groups in total. The zero-order valence-corrected chi connectivity index (χ0v) is 10.1. The van der Waals surface area contributed by atoms with Gasteiger partial charge in [-0.3, -0.25) is 4.79 Å². The largest absolute Gasteiger partial charge is 0.480 e. The molecular weight excluding hydrogens is 216 g/mol. The van der Waals surface area contributed by atoms with Gasteiger partial charge in [0.1, 0.15) is 6.04 Å². The van der Waals surface area contributed by atoms with Gasteiger partial charge >= 0.3 is 12.0 Å². The number of carbonyl (C=O) groups is 2. The van der Waals surface area contributed by atoms with Crippen LogP contribution in [0, 0.1) is 5.92 Å². The van der Waals surface area contributed by atoms with Gasteiger partial charge < -0.3 is 15.7 Å². The first-order valence-corrected chi connectivity index (χ1v) is 6.12. The van der Waals surface area contributed by atoms with E-state index in [2.05, 4.69) is 10.6 Å². The van der Waals surface area contributed by atoms with Crippen LogP contribution in [0.4, 0.5) is 4.79 Å². The number of amides is 2. The van der Waals surface area contributed by atoms with Crippen LogP contribution in [-0.4, -0.2) is 41.7 Å². The molecule has 0 heterocycles. The summed E-state index contributed by atoms with van der Waals surface area (Å²) in [5.41, 5.74) is 0. The average molecular weight is 234 g/mol. The van der Waals surface area contributed by atoms with Crippen molar-refractivity contribution in [2.24, 2.45) is 5.92 Å². The van der Waals surface area contributed by atoms with Crippen molar-refractivity contribution in [1.29, 1.82) is 0 Å². The Morgan fingerprint density at radius 1 is 1.40 bits per heavy atom. The molecule has 2 amide bonds. The first kappa shape index (κ1) is 14.1. The Hall–Kier alpha value is -0.910. The van der Waals surface area contributed by atoms with E-state index in [1.54, 1.807) is 11.8 Å². The molecule has 0 aromatic rings. The molecule has 0 aromatic carbocycles. The standard InChI is InChI=1S/C9H18N2O3S/c1-6(5-15-3)4-10-9(14)11-7(2)8(12)13/h6-7H,4-5H2,1-3H3,(H,12,13)(H2,10,11,14)/t6?,7-/m1/s1. The summed E-state index contributed by atoms with van der Waals surface area (Å²) in [5, 5.41) is 13.5. The highest BCUT2D eigenvalue weighted by atomic mass is 32.2. The summed E-state index contributed by atoms with van der Waals surface area (Å²) in [4.78, 5) is 21.6. The van der Waals surface area contributed by atoms with Crippen molar-refractivity contribution in [2.75, 3.05) is 18.6 Å². The zero-order chi connectivity index (χ0) is 11.8. The Balaban J connectivity index is 3.70. The summed E-state index contributed by atoms with van der Waals surface area (Å²) in [5.74, 6) is 0.308. The lowest BCUT2D eigenvalue weighted by molar-refractivity contribution is -0.138. The SMILES string of the molecule is CSCC(C)CNC(=O)N[C@H](C)C(=O)O. The van der Waals surface area contributed by atoms with Crippen molar-refractivity contribution in [3.05, 3.63) is 0 Å². The molecule has 0 fully saturated rings. The Labute approximate surface area is 94.0 Å². The molecule has 1 unspecified atom stereocenters. The molecule has 5 nitrogen and oxygen atoms in total. The number of nitrogens with one attached hydrogen (secondary N) is 2. The summed E-state index contributed by atoms with van der Waals surface area (Å²) in [7, 11) is 0. The van der Waals surface area contributed by atoms with Crippen LogP contribution in [0.2, 0.25) is 0 Å². The summed E-state index contributed by atoms with van der Waals surface area (Å²) in [6.45, 7) is 4.00. The van der Waals surface area contributed by atoms with Crippen molar-refractivity contribution in [2.45, 2.75) is 19.9 Å². The van der Waals surface area contributed by atoms with Crippen LogP contribution in [-0.2, 0) is 4.79 Å². The maximum Gasteiger partial charge on any atom is 0.325 e. The topological polar surface area (TPSA) is 78.4 Å². The number of carbonyl (C=O) groups excluding carboxylic acids is 1. The van der Waals surface area contributed by atoms with Crippen LogP contribution in [0.15, 0.2) is 0 Å². The van der Waals surface area contributed by atoms with Crippen molar-refractivity contribution < 1.29 is 14.7 Å². The van der Waals surface area contributed by atoms with Crippen molar-refractivity contribution in [1.82, 2.24) is 10.6 Å². The molecule has 0 bridgehead atoms. The second-order valence-corrected chi connectivity index (χ2v) is 4.39. The van der Waals surface area contributed by atoms with Gasteiger partial charge in [-0.25, -0.2) is 4.79 Å². The highest BCUT2D eigenvalue weighted by Gasteiger charge is 2.13. The van der Waals surface area contributed by atoms with Gasteiger partial charge in [0.2, 0.25) is 0 Å². The lowest BCUT2D eigenvalue weighted by atomic mass is 10.2. The third kappa shape index (κ3) is 7.07. The third-order valence-corrected chi connectivity index (χ3v) is 2.68. The van der Waals surface area contributed by atoms with E-state index in [9.17, 15) is 9.59 Å². The number of carboxylic acid groups (broad SMARTS) is 1. The minimum absolute atomic E-state index is 0.380. The molecule has 0 aliphatic carbocycles. The smallest absolute Gasteiger partial charge is 0.325 e. The number of thioether (sulfide) groups is 1. The van der Waals surface area contributed by atoms with Gasteiger partial charge in [0.05, 0.1) is 0 Å². The van der Waals surface area contributed by atoms with Gasteiger partial charge in [0.15, 0.2) is 0 Å². The molecule has 0 rings (SSSR count). The van der Waals surface area contributed by atoms with E-state index >= 15 is 0 Å². The highest BCUT2D eigenvalue weighted by molar-refractivity contribution is 7.98. The minimum Gasteiger partial charge on any atom is -0.480 e. The van der Waals surface area contributed by atoms with E-state index in [1.165, 1.54) is 6.92 Å². The number of hydrogen-bond donors (Lipinski definition) is 3. The van der Waals surface area contributed by atoms with E-state index in [4.69, 9.17) is 5.11 Å². The molecule has 0 saturated heterocycles. The van der Waals surface area contributed by atoms with E-state index in [-0.39, 0.29) is 0 Å². The number of carboxylic acids is 1. The van der Waals surface area contributed by atoms with Crippen molar-refractivity contribution in [3.63, 3.8) is 0 Å². The second-order valence-electron chi connectivity index (χ2n) is 3.47. The van der Waals surface area contributed by atoms with Crippen LogP contribution in [0.25, 0.3) is 0 Å². The Morgan fingerprint density at radius 3 is 2.47 bits per heavy atom. The summed E-state index contributed by atoms with van der Waals surface area (Å²) in [6, 6.07) is -1.29. The summed E-state index contributed by atoms with van der Waals surface area (Å²) in [6.07, 6.45) is 2.00. The number of rotatable bonds is 6. The Kier molecular flexibility index (Phi) is 6.94. The van der Waals surface area contributed by atoms with Crippen molar-refractivity contribution >= 4 is 23.8 Å². The summed E-state index contributed by atoms with van der Waals surface area (Å²) >= 11 is 1.71. The molecule has 0 radical (unpaired) electrons. The normalized spacial score (nSPS) is 14.1. The quantitative estimate of drug-likeness (QED) is 0.634. The van der Waals surface area contributed by atoms with E-state index < -0.39 is 18.0 Å². The van der Waals surface area contributed by atoms with Crippen LogP contribution >= 0.6 is 11.8 Å². The fourth-order valence-electron chi connectivity index (χ4n) is 0.920. The number of aliphatic carboxylic acids is 1. The van der Waals surface area contributed by atoms with E-state index in [0.717, 1.165) is 5.75 Å². The number of urea groups is 1. The second kappa shape index (κ2) is 7.39. The highest BCUT2D eigenvalue weighted by Crippen LogP contribution is 2.02. The minimum atomic E-state index is -1.04. The van der Waals surface area contributed by atoms with E-state index in [0.29, 0.717) is 12.5 Å². The molecule has 0 aromatic heterocycles. The molecule has 0 spiro atoms. The van der Waals surface area contributed by atoms with Gasteiger partial charge in [-0.2, -0.15) is 11.8 Å². The van der Waals surface area contributed by atoms with Gasteiger partial charge in [0, 0.05) is 6.54 Å². The molecule has 15 heavy (non-hydrogen) atoms. The summed E-state index contributed by atoms with van der Waals surface area (Å²) < 4.78 is 0. The predicted molar refractivity (Wildman–Crippen MR) is 61.2 cm³/mol. The third-order valence-electron chi connectivity index (χ3n) is 1.78. The average Bonchev–Trinajstić information content (AvgIpc) is 2.15. The molecule has 0 aliphatic heterocycles. The maximum atomic E-state index is 11.2. The predicted octanol–water partition coefficient (Wildman–Crippen LogP) is 0.758. The first-order chi connectivity index (χ1) is 6.97. The van der Waals surface area contributed by atoms with Crippen LogP contribution < -0.4 is 10.6 Å². The molecule has 0 aliphatic rings. The van der Waals surface area contributed by atoms with Gasteiger partial charge in [-0.1, -0.05) is 6.92 Å². The Morgan fingerprint density at radius 2 is 2.00 bits per heavy atom. The molecule has 88 valence electrons. The van der Waals surface area contributed by atoms with Crippen LogP contribution in [0.3, 0.4) is 0 Å². The van der Waals surface area contributed by atoms with Gasteiger partial charge in [0.25, 0.3) is 0 Å².